The highest BCUT2D eigenvalue weighted by molar-refractivity contribution is 5.66. The van der Waals surface area contributed by atoms with E-state index in [1.165, 1.54) is 0 Å². The molecular weight excluding hydrogens is 244 g/mol. The minimum Gasteiger partial charge on any atom is -0.481 e. The molecule has 5 heteroatoms. The predicted molar refractivity (Wildman–Crippen MR) is 72.1 cm³/mol. The van der Waals surface area contributed by atoms with Crippen molar-refractivity contribution in [2.45, 2.75) is 25.8 Å². The molecule has 0 amide bonds. The number of carboxylic acid groups (broad SMARTS) is 1. The van der Waals surface area contributed by atoms with Crippen LogP contribution in [0, 0.1) is 0 Å². The van der Waals surface area contributed by atoms with Gasteiger partial charge in [0.2, 0.25) is 0 Å². The number of rotatable bonds is 6. The summed E-state index contributed by atoms with van der Waals surface area (Å²) in [6.45, 7) is 6.79. The van der Waals surface area contributed by atoms with E-state index in [1.54, 1.807) is 6.26 Å². The average molecular weight is 266 g/mol. The third kappa shape index (κ3) is 4.36. The van der Waals surface area contributed by atoms with Gasteiger partial charge >= 0.3 is 5.97 Å². The molecule has 0 spiro atoms. The molecule has 1 saturated heterocycles. The van der Waals surface area contributed by atoms with Gasteiger partial charge in [-0.2, -0.15) is 0 Å². The van der Waals surface area contributed by atoms with Gasteiger partial charge in [-0.15, -0.1) is 0 Å². The van der Waals surface area contributed by atoms with E-state index in [0.29, 0.717) is 12.6 Å². The largest absolute Gasteiger partial charge is 0.481 e. The van der Waals surface area contributed by atoms with Crippen molar-refractivity contribution in [3.63, 3.8) is 0 Å². The first kappa shape index (κ1) is 14.1. The molecule has 1 fully saturated rings. The van der Waals surface area contributed by atoms with Crippen LogP contribution in [0.15, 0.2) is 22.8 Å². The van der Waals surface area contributed by atoms with Crippen molar-refractivity contribution >= 4 is 5.97 Å². The Kier molecular flexibility index (Phi) is 4.99. The Morgan fingerprint density at radius 2 is 2.16 bits per heavy atom. The van der Waals surface area contributed by atoms with E-state index in [9.17, 15) is 4.79 Å². The summed E-state index contributed by atoms with van der Waals surface area (Å²) in [6.07, 6.45) is 2.88. The van der Waals surface area contributed by atoms with Crippen molar-refractivity contribution in [3.8, 4) is 0 Å². The fourth-order valence-corrected chi connectivity index (χ4v) is 2.53. The monoisotopic (exact) mass is 266 g/mol. The van der Waals surface area contributed by atoms with Crippen molar-refractivity contribution in [3.05, 3.63) is 24.2 Å². The number of hydrogen-bond acceptors (Lipinski definition) is 4. The fourth-order valence-electron chi connectivity index (χ4n) is 2.53. The summed E-state index contributed by atoms with van der Waals surface area (Å²) in [5.74, 6) is 0.314. The topological polar surface area (TPSA) is 56.9 Å². The Morgan fingerprint density at radius 1 is 1.42 bits per heavy atom. The van der Waals surface area contributed by atoms with E-state index >= 15 is 0 Å². The first-order chi connectivity index (χ1) is 9.15. The predicted octanol–water partition coefficient (Wildman–Crippen LogP) is 1.30. The molecule has 0 saturated carbocycles. The number of carboxylic acids is 1. The third-order valence-corrected chi connectivity index (χ3v) is 3.75. The van der Waals surface area contributed by atoms with Gasteiger partial charge in [-0.25, -0.2) is 0 Å². The minimum absolute atomic E-state index is 0.238. The second-order valence-electron chi connectivity index (χ2n) is 5.15. The van der Waals surface area contributed by atoms with Gasteiger partial charge in [0.05, 0.1) is 12.7 Å². The summed E-state index contributed by atoms with van der Waals surface area (Å²) in [7, 11) is 0. The zero-order valence-electron chi connectivity index (χ0n) is 11.4. The van der Waals surface area contributed by atoms with Crippen LogP contribution < -0.4 is 0 Å². The lowest BCUT2D eigenvalue weighted by molar-refractivity contribution is -0.137. The van der Waals surface area contributed by atoms with Crippen molar-refractivity contribution in [2.75, 3.05) is 32.7 Å². The van der Waals surface area contributed by atoms with Gasteiger partial charge in [0, 0.05) is 45.2 Å². The van der Waals surface area contributed by atoms with Crippen LogP contribution >= 0.6 is 0 Å². The van der Waals surface area contributed by atoms with Crippen molar-refractivity contribution in [2.24, 2.45) is 0 Å². The summed E-state index contributed by atoms with van der Waals surface area (Å²) >= 11 is 0. The number of aliphatic carboxylic acids is 1. The van der Waals surface area contributed by atoms with Crippen molar-refractivity contribution in [1.29, 1.82) is 0 Å². The number of carbonyl (C=O) groups is 1. The van der Waals surface area contributed by atoms with Gasteiger partial charge in [-0.05, 0) is 19.1 Å². The molecule has 1 unspecified atom stereocenters. The normalized spacial score (nSPS) is 19.4. The van der Waals surface area contributed by atoms with Gasteiger partial charge in [0.25, 0.3) is 0 Å². The van der Waals surface area contributed by atoms with Crippen LogP contribution in [-0.2, 0) is 11.2 Å². The van der Waals surface area contributed by atoms with E-state index in [1.807, 2.05) is 12.1 Å². The van der Waals surface area contributed by atoms with Gasteiger partial charge in [0.15, 0.2) is 0 Å². The van der Waals surface area contributed by atoms with E-state index in [2.05, 4.69) is 16.7 Å². The van der Waals surface area contributed by atoms with E-state index in [4.69, 9.17) is 9.52 Å². The van der Waals surface area contributed by atoms with Crippen LogP contribution in [0.2, 0.25) is 0 Å². The standard InChI is InChI=1S/C14H22N2O3/c1-12(11-13-3-2-10-19-13)16-8-6-15(7-9-16)5-4-14(17)18/h2-3,10,12H,4-9,11H2,1H3,(H,17,18). The van der Waals surface area contributed by atoms with Crippen LogP contribution in [0.1, 0.15) is 19.1 Å². The second kappa shape index (κ2) is 6.73. The molecule has 0 bridgehead atoms. The Labute approximate surface area is 113 Å². The van der Waals surface area contributed by atoms with E-state index in [-0.39, 0.29) is 6.42 Å². The molecule has 1 aliphatic rings. The van der Waals surface area contributed by atoms with Gasteiger partial charge in [-0.3, -0.25) is 9.69 Å². The zero-order valence-corrected chi connectivity index (χ0v) is 11.4. The Morgan fingerprint density at radius 3 is 2.74 bits per heavy atom. The molecule has 1 atom stereocenters. The molecule has 2 rings (SSSR count). The Bertz CT molecular complexity index is 383. The molecule has 5 nitrogen and oxygen atoms in total. The summed E-state index contributed by atoms with van der Waals surface area (Å²) in [5.41, 5.74) is 0. The van der Waals surface area contributed by atoms with E-state index in [0.717, 1.165) is 38.4 Å². The summed E-state index contributed by atoms with van der Waals surface area (Å²) in [6, 6.07) is 4.40. The van der Waals surface area contributed by atoms with Gasteiger partial charge in [-0.1, -0.05) is 0 Å². The van der Waals surface area contributed by atoms with Crippen LogP contribution in [-0.4, -0.2) is 59.6 Å². The molecule has 1 N–H and O–H groups in total. The molecular formula is C14H22N2O3. The first-order valence-electron chi connectivity index (χ1n) is 6.85. The van der Waals surface area contributed by atoms with Crippen LogP contribution in [0.4, 0.5) is 0 Å². The highest BCUT2D eigenvalue weighted by atomic mass is 16.4. The minimum atomic E-state index is -0.714. The molecule has 106 valence electrons. The lowest BCUT2D eigenvalue weighted by Gasteiger charge is -2.37. The average Bonchev–Trinajstić information content (AvgIpc) is 2.89. The third-order valence-electron chi connectivity index (χ3n) is 3.75. The lowest BCUT2D eigenvalue weighted by atomic mass is 10.1. The maximum Gasteiger partial charge on any atom is 0.304 e. The number of hydrogen-bond donors (Lipinski definition) is 1. The highest BCUT2D eigenvalue weighted by Gasteiger charge is 2.21. The molecule has 1 aromatic heterocycles. The fraction of sp³-hybridized carbons (Fsp3) is 0.643. The molecule has 0 aliphatic carbocycles. The maximum atomic E-state index is 10.5. The van der Waals surface area contributed by atoms with Crippen molar-refractivity contribution in [1.82, 2.24) is 9.80 Å². The first-order valence-corrected chi connectivity index (χ1v) is 6.85. The Hall–Kier alpha value is -1.33. The second-order valence-corrected chi connectivity index (χ2v) is 5.15. The van der Waals surface area contributed by atoms with Crippen LogP contribution in [0.5, 0.6) is 0 Å². The lowest BCUT2D eigenvalue weighted by Crippen LogP contribution is -2.50. The smallest absolute Gasteiger partial charge is 0.304 e. The molecule has 19 heavy (non-hydrogen) atoms. The molecule has 1 aromatic rings. The van der Waals surface area contributed by atoms with Gasteiger partial charge in [0.1, 0.15) is 5.76 Å². The SMILES string of the molecule is CC(Cc1ccco1)N1CCN(CCC(=O)O)CC1. The summed E-state index contributed by atoms with van der Waals surface area (Å²) in [5, 5.41) is 8.68. The molecule has 1 aliphatic heterocycles. The molecule has 0 aromatic carbocycles. The van der Waals surface area contributed by atoms with Crippen LogP contribution in [0.3, 0.4) is 0 Å². The number of nitrogens with zero attached hydrogens (tertiary/aromatic N) is 2. The summed E-state index contributed by atoms with van der Waals surface area (Å²) in [4.78, 5) is 15.2. The number of piperazine rings is 1. The zero-order chi connectivity index (χ0) is 13.7. The Balaban J connectivity index is 1.71. The van der Waals surface area contributed by atoms with Crippen LogP contribution in [0.25, 0.3) is 0 Å². The highest BCUT2D eigenvalue weighted by Crippen LogP contribution is 2.12. The maximum absolute atomic E-state index is 10.5. The molecule has 0 radical (unpaired) electrons. The number of furan rings is 1. The van der Waals surface area contributed by atoms with E-state index < -0.39 is 5.97 Å². The summed E-state index contributed by atoms with van der Waals surface area (Å²) < 4.78 is 5.38. The quantitative estimate of drug-likeness (QED) is 0.841. The van der Waals surface area contributed by atoms with Gasteiger partial charge < -0.3 is 14.4 Å². The van der Waals surface area contributed by atoms with Crippen molar-refractivity contribution < 1.29 is 14.3 Å². The molecule has 2 heterocycles.